The van der Waals surface area contributed by atoms with Crippen molar-refractivity contribution < 1.29 is 4.79 Å². The van der Waals surface area contributed by atoms with E-state index in [1.807, 2.05) is 37.3 Å². The summed E-state index contributed by atoms with van der Waals surface area (Å²) in [6, 6.07) is 24.4. The second-order valence-electron chi connectivity index (χ2n) is 7.84. The maximum Gasteiger partial charge on any atom is 0.241 e. The van der Waals surface area contributed by atoms with Crippen molar-refractivity contribution in [2.75, 3.05) is 38.0 Å². The van der Waals surface area contributed by atoms with Crippen LogP contribution < -0.4 is 5.32 Å². The van der Waals surface area contributed by atoms with E-state index in [1.54, 1.807) is 0 Å². The standard InChI is InChI=1S/C26H29N3O/c1-21(26(30)27-25-15-7-13-23-12-5-6-14-24(23)25)29-19-17-28(18-20-29)16-8-11-22-9-3-2-4-10-22/h2-15,21H,16-20H2,1H3,(H,27,30)/b11-8+. The summed E-state index contributed by atoms with van der Waals surface area (Å²) in [7, 11) is 0. The van der Waals surface area contributed by atoms with E-state index in [1.165, 1.54) is 5.56 Å². The van der Waals surface area contributed by atoms with Crippen molar-refractivity contribution in [3.05, 3.63) is 84.4 Å². The number of carbonyl (C=O) groups excluding carboxylic acids is 1. The average Bonchev–Trinajstić information content (AvgIpc) is 2.80. The molecule has 4 heteroatoms. The van der Waals surface area contributed by atoms with Crippen molar-refractivity contribution in [3.63, 3.8) is 0 Å². The van der Waals surface area contributed by atoms with Gasteiger partial charge in [-0.25, -0.2) is 0 Å². The predicted octanol–water partition coefficient (Wildman–Crippen LogP) is 4.50. The van der Waals surface area contributed by atoms with Crippen LogP contribution in [-0.2, 0) is 4.79 Å². The van der Waals surface area contributed by atoms with Gasteiger partial charge in [-0.1, -0.05) is 78.9 Å². The summed E-state index contributed by atoms with van der Waals surface area (Å²) in [5.74, 6) is 0.0591. The Morgan fingerprint density at radius 3 is 2.43 bits per heavy atom. The van der Waals surface area contributed by atoms with Crippen molar-refractivity contribution >= 4 is 28.4 Å². The lowest BCUT2D eigenvalue weighted by atomic mass is 10.1. The van der Waals surface area contributed by atoms with Crippen molar-refractivity contribution in [2.45, 2.75) is 13.0 Å². The van der Waals surface area contributed by atoms with Gasteiger partial charge in [0.1, 0.15) is 0 Å². The number of carbonyl (C=O) groups is 1. The van der Waals surface area contributed by atoms with Crippen LogP contribution in [0.15, 0.2) is 78.9 Å². The van der Waals surface area contributed by atoms with Gasteiger partial charge in [0.05, 0.1) is 6.04 Å². The van der Waals surface area contributed by atoms with Crippen molar-refractivity contribution in [1.29, 1.82) is 0 Å². The molecule has 0 aliphatic carbocycles. The molecule has 1 amide bonds. The lowest BCUT2D eigenvalue weighted by Crippen LogP contribution is -2.52. The maximum atomic E-state index is 12.9. The van der Waals surface area contributed by atoms with Crippen LogP contribution in [0.25, 0.3) is 16.8 Å². The lowest BCUT2D eigenvalue weighted by Gasteiger charge is -2.37. The lowest BCUT2D eigenvalue weighted by molar-refractivity contribution is -0.121. The van der Waals surface area contributed by atoms with Crippen molar-refractivity contribution in [1.82, 2.24) is 9.80 Å². The molecule has 1 heterocycles. The van der Waals surface area contributed by atoms with E-state index in [9.17, 15) is 4.79 Å². The fourth-order valence-electron chi connectivity index (χ4n) is 3.97. The zero-order chi connectivity index (χ0) is 20.8. The van der Waals surface area contributed by atoms with Gasteiger partial charge in [-0.2, -0.15) is 0 Å². The quantitative estimate of drug-likeness (QED) is 0.663. The first-order chi connectivity index (χ1) is 14.7. The molecule has 0 spiro atoms. The first-order valence-corrected chi connectivity index (χ1v) is 10.7. The molecule has 3 aromatic rings. The Kier molecular flexibility index (Phi) is 6.57. The molecule has 1 saturated heterocycles. The minimum Gasteiger partial charge on any atom is -0.324 e. The van der Waals surface area contributed by atoms with Crippen molar-refractivity contribution in [2.24, 2.45) is 0 Å². The summed E-state index contributed by atoms with van der Waals surface area (Å²) in [5, 5.41) is 5.36. The topological polar surface area (TPSA) is 35.6 Å². The van der Waals surface area contributed by atoms with E-state index < -0.39 is 0 Å². The largest absolute Gasteiger partial charge is 0.324 e. The Bertz CT molecular complexity index is 1000. The zero-order valence-electron chi connectivity index (χ0n) is 17.5. The van der Waals surface area contributed by atoms with Gasteiger partial charge in [-0.05, 0) is 23.9 Å². The van der Waals surface area contributed by atoms with Gasteiger partial charge in [0.25, 0.3) is 0 Å². The van der Waals surface area contributed by atoms with E-state index >= 15 is 0 Å². The van der Waals surface area contributed by atoms with Gasteiger partial charge in [-0.3, -0.25) is 14.6 Å². The van der Waals surface area contributed by atoms with Crippen LogP contribution in [0.5, 0.6) is 0 Å². The summed E-state index contributed by atoms with van der Waals surface area (Å²) in [4.78, 5) is 17.6. The summed E-state index contributed by atoms with van der Waals surface area (Å²) in [5.41, 5.74) is 2.12. The fraction of sp³-hybridized carbons (Fsp3) is 0.269. The number of hydrogen-bond donors (Lipinski definition) is 1. The molecule has 4 rings (SSSR count). The molecule has 4 nitrogen and oxygen atoms in total. The van der Waals surface area contributed by atoms with Gasteiger partial charge in [0.15, 0.2) is 0 Å². The molecule has 0 bridgehead atoms. The van der Waals surface area contributed by atoms with E-state index in [4.69, 9.17) is 0 Å². The Hall–Kier alpha value is -2.95. The molecule has 1 aliphatic rings. The summed E-state index contributed by atoms with van der Waals surface area (Å²) < 4.78 is 0. The first kappa shape index (κ1) is 20.3. The third-order valence-corrected chi connectivity index (χ3v) is 5.86. The number of piperazine rings is 1. The third-order valence-electron chi connectivity index (χ3n) is 5.86. The number of fused-ring (bicyclic) bond motifs is 1. The molecule has 0 aromatic heterocycles. The van der Waals surface area contributed by atoms with Crippen LogP contribution in [0, 0.1) is 0 Å². The highest BCUT2D eigenvalue weighted by Gasteiger charge is 2.25. The summed E-state index contributed by atoms with van der Waals surface area (Å²) in [6.07, 6.45) is 4.40. The average molecular weight is 400 g/mol. The third kappa shape index (κ3) is 4.96. The molecule has 1 aliphatic heterocycles. The number of nitrogens with one attached hydrogen (secondary N) is 1. The number of benzene rings is 3. The predicted molar refractivity (Wildman–Crippen MR) is 126 cm³/mol. The number of amides is 1. The van der Waals surface area contributed by atoms with E-state index in [-0.39, 0.29) is 11.9 Å². The van der Waals surface area contributed by atoms with E-state index in [0.29, 0.717) is 0 Å². The highest BCUT2D eigenvalue weighted by Crippen LogP contribution is 2.23. The molecule has 0 radical (unpaired) electrons. The van der Waals surface area contributed by atoms with E-state index in [2.05, 4.69) is 69.7 Å². The molecule has 0 saturated carbocycles. The minimum absolute atomic E-state index is 0.0591. The number of hydrogen-bond acceptors (Lipinski definition) is 3. The maximum absolute atomic E-state index is 12.9. The number of nitrogens with zero attached hydrogens (tertiary/aromatic N) is 2. The fourth-order valence-corrected chi connectivity index (χ4v) is 3.97. The van der Waals surface area contributed by atoms with Crippen LogP contribution >= 0.6 is 0 Å². The van der Waals surface area contributed by atoms with Gasteiger partial charge in [0, 0.05) is 43.8 Å². The normalized spacial score (nSPS) is 16.7. The number of rotatable bonds is 6. The Labute approximate surface area is 178 Å². The second kappa shape index (κ2) is 9.70. The molecule has 1 unspecified atom stereocenters. The molecule has 1 N–H and O–H groups in total. The van der Waals surface area contributed by atoms with Crippen LogP contribution in [0.4, 0.5) is 5.69 Å². The van der Waals surface area contributed by atoms with Crippen LogP contribution in [-0.4, -0.2) is 54.5 Å². The van der Waals surface area contributed by atoms with Gasteiger partial charge < -0.3 is 5.32 Å². The smallest absolute Gasteiger partial charge is 0.241 e. The highest BCUT2D eigenvalue weighted by molar-refractivity contribution is 6.03. The number of anilines is 1. The molecule has 3 aromatic carbocycles. The van der Waals surface area contributed by atoms with Gasteiger partial charge in [-0.15, -0.1) is 0 Å². The van der Waals surface area contributed by atoms with Crippen LogP contribution in [0.2, 0.25) is 0 Å². The molecular formula is C26H29N3O. The van der Waals surface area contributed by atoms with E-state index in [0.717, 1.165) is 49.2 Å². The first-order valence-electron chi connectivity index (χ1n) is 10.7. The second-order valence-corrected chi connectivity index (χ2v) is 7.84. The van der Waals surface area contributed by atoms with Gasteiger partial charge in [0.2, 0.25) is 5.91 Å². The minimum atomic E-state index is -0.147. The Balaban J connectivity index is 1.29. The Morgan fingerprint density at radius 1 is 0.933 bits per heavy atom. The molecule has 1 fully saturated rings. The zero-order valence-corrected chi connectivity index (χ0v) is 17.5. The SMILES string of the molecule is CC(C(=O)Nc1cccc2ccccc12)N1CCN(C/C=C/c2ccccc2)CC1. The van der Waals surface area contributed by atoms with Crippen LogP contribution in [0.1, 0.15) is 12.5 Å². The van der Waals surface area contributed by atoms with Gasteiger partial charge >= 0.3 is 0 Å². The highest BCUT2D eigenvalue weighted by atomic mass is 16.2. The molecular weight excluding hydrogens is 370 g/mol. The summed E-state index contributed by atoms with van der Waals surface area (Å²) >= 11 is 0. The molecule has 154 valence electrons. The van der Waals surface area contributed by atoms with Crippen molar-refractivity contribution in [3.8, 4) is 0 Å². The molecule has 1 atom stereocenters. The summed E-state index contributed by atoms with van der Waals surface area (Å²) in [6.45, 7) is 6.72. The van der Waals surface area contributed by atoms with Crippen LogP contribution in [0.3, 0.4) is 0 Å². The molecule has 30 heavy (non-hydrogen) atoms. The monoisotopic (exact) mass is 399 g/mol. The Morgan fingerprint density at radius 2 is 1.63 bits per heavy atom.